The number of hydrogen-bond donors (Lipinski definition) is 2. The average Bonchev–Trinajstić information content (AvgIpc) is 2.82. The zero-order valence-electron chi connectivity index (χ0n) is 11.6. The number of aliphatic hydroxyl groups excluding tert-OH is 1. The second-order valence-corrected chi connectivity index (χ2v) is 4.68. The summed E-state index contributed by atoms with van der Waals surface area (Å²) in [7, 11) is 0. The molecule has 3 N–H and O–H groups in total. The summed E-state index contributed by atoms with van der Waals surface area (Å²) in [4.78, 5) is 4.39. The van der Waals surface area contributed by atoms with Crippen molar-refractivity contribution in [3.8, 4) is 11.4 Å². The van der Waals surface area contributed by atoms with Gasteiger partial charge in [0.2, 0.25) is 0 Å². The van der Waals surface area contributed by atoms with E-state index in [-0.39, 0.29) is 13.2 Å². The molecule has 0 spiro atoms. The fourth-order valence-corrected chi connectivity index (χ4v) is 2.46. The standard InChI is InChI=1S/C16H17N3O2/c17-15-12-5-1-2-7-14(12)19(11-21-10-9-20)16(15)13-6-3-4-8-18-13/h1-8,20H,9-11,17H2. The number of pyridine rings is 1. The van der Waals surface area contributed by atoms with Gasteiger partial charge in [-0.3, -0.25) is 4.98 Å². The maximum absolute atomic E-state index is 8.88. The Bertz CT molecular complexity index is 738. The molecule has 0 radical (unpaired) electrons. The lowest BCUT2D eigenvalue weighted by Crippen LogP contribution is -2.08. The molecule has 0 saturated heterocycles. The summed E-state index contributed by atoms with van der Waals surface area (Å²) < 4.78 is 7.47. The van der Waals surface area contributed by atoms with Crippen molar-refractivity contribution >= 4 is 16.6 Å². The highest BCUT2D eigenvalue weighted by molar-refractivity contribution is 6.00. The molecule has 0 amide bonds. The molecule has 0 aliphatic rings. The lowest BCUT2D eigenvalue weighted by molar-refractivity contribution is 0.0512. The van der Waals surface area contributed by atoms with Gasteiger partial charge < -0.3 is 20.1 Å². The monoisotopic (exact) mass is 283 g/mol. The summed E-state index contributed by atoms with van der Waals surface area (Å²) in [6, 6.07) is 13.6. The Morgan fingerprint density at radius 3 is 2.71 bits per heavy atom. The number of anilines is 1. The molecule has 2 aromatic heterocycles. The predicted octanol–water partition coefficient (Wildman–Crippen LogP) is 2.25. The fraction of sp³-hybridized carbons (Fsp3) is 0.188. The number of ether oxygens (including phenoxy) is 1. The minimum atomic E-state index is -0.00635. The van der Waals surface area contributed by atoms with E-state index in [0.29, 0.717) is 12.4 Å². The first-order valence-electron chi connectivity index (χ1n) is 6.79. The average molecular weight is 283 g/mol. The zero-order chi connectivity index (χ0) is 14.7. The number of hydrogen-bond acceptors (Lipinski definition) is 4. The number of para-hydroxylation sites is 1. The molecular weight excluding hydrogens is 266 g/mol. The highest BCUT2D eigenvalue weighted by atomic mass is 16.5. The van der Waals surface area contributed by atoms with Crippen molar-refractivity contribution in [3.05, 3.63) is 48.7 Å². The lowest BCUT2D eigenvalue weighted by Gasteiger charge is -2.11. The molecule has 0 bridgehead atoms. The van der Waals surface area contributed by atoms with E-state index in [1.54, 1.807) is 6.20 Å². The Morgan fingerprint density at radius 2 is 1.95 bits per heavy atom. The van der Waals surface area contributed by atoms with Gasteiger partial charge in [0.05, 0.1) is 35.8 Å². The van der Waals surface area contributed by atoms with Crippen LogP contribution in [0.1, 0.15) is 0 Å². The molecule has 0 aliphatic carbocycles. The van der Waals surface area contributed by atoms with Crippen molar-refractivity contribution in [2.24, 2.45) is 0 Å². The number of aromatic nitrogens is 2. The summed E-state index contributed by atoms with van der Waals surface area (Å²) in [5, 5.41) is 9.86. The Balaban J connectivity index is 2.16. The third kappa shape index (κ3) is 2.49. The minimum absolute atomic E-state index is 0.00635. The Labute approximate surface area is 122 Å². The summed E-state index contributed by atoms with van der Waals surface area (Å²) in [6.07, 6.45) is 1.74. The van der Waals surface area contributed by atoms with Gasteiger partial charge in [0.15, 0.2) is 0 Å². The van der Waals surface area contributed by atoms with Gasteiger partial charge in [0.25, 0.3) is 0 Å². The van der Waals surface area contributed by atoms with Gasteiger partial charge in [0.1, 0.15) is 6.73 Å². The smallest absolute Gasteiger partial charge is 0.123 e. The number of fused-ring (bicyclic) bond motifs is 1. The van der Waals surface area contributed by atoms with E-state index < -0.39 is 0 Å². The normalized spacial score (nSPS) is 11.1. The second kappa shape index (κ2) is 5.95. The molecule has 0 aliphatic heterocycles. The van der Waals surface area contributed by atoms with Crippen molar-refractivity contribution in [3.63, 3.8) is 0 Å². The van der Waals surface area contributed by atoms with Crippen LogP contribution in [0.3, 0.4) is 0 Å². The SMILES string of the molecule is Nc1c(-c2ccccn2)n(COCCO)c2ccccc12. The largest absolute Gasteiger partial charge is 0.396 e. The van der Waals surface area contributed by atoms with Gasteiger partial charge in [-0.05, 0) is 18.2 Å². The van der Waals surface area contributed by atoms with Crippen molar-refractivity contribution in [1.82, 2.24) is 9.55 Å². The Kier molecular flexibility index (Phi) is 3.85. The van der Waals surface area contributed by atoms with Gasteiger partial charge in [0, 0.05) is 11.6 Å². The summed E-state index contributed by atoms with van der Waals surface area (Å²) >= 11 is 0. The first-order valence-corrected chi connectivity index (χ1v) is 6.79. The summed E-state index contributed by atoms with van der Waals surface area (Å²) in [5.74, 6) is 0. The van der Waals surface area contributed by atoms with E-state index >= 15 is 0 Å². The van der Waals surface area contributed by atoms with Crippen LogP contribution in [0.25, 0.3) is 22.3 Å². The van der Waals surface area contributed by atoms with Crippen molar-refractivity contribution in [2.45, 2.75) is 6.73 Å². The molecule has 0 atom stereocenters. The molecule has 0 unspecified atom stereocenters. The van der Waals surface area contributed by atoms with Crippen LogP contribution < -0.4 is 5.73 Å². The first kappa shape index (κ1) is 13.6. The van der Waals surface area contributed by atoms with Crippen LogP contribution in [0.2, 0.25) is 0 Å². The van der Waals surface area contributed by atoms with Crippen molar-refractivity contribution in [2.75, 3.05) is 18.9 Å². The molecule has 108 valence electrons. The second-order valence-electron chi connectivity index (χ2n) is 4.68. The molecule has 21 heavy (non-hydrogen) atoms. The van der Waals surface area contributed by atoms with E-state index in [4.69, 9.17) is 15.6 Å². The van der Waals surface area contributed by atoms with E-state index in [1.807, 2.05) is 47.0 Å². The zero-order valence-corrected chi connectivity index (χ0v) is 11.6. The topological polar surface area (TPSA) is 73.3 Å². The molecule has 5 heteroatoms. The number of aliphatic hydroxyl groups is 1. The van der Waals surface area contributed by atoms with Crippen LogP contribution in [0.4, 0.5) is 5.69 Å². The highest BCUT2D eigenvalue weighted by Crippen LogP contribution is 2.34. The van der Waals surface area contributed by atoms with Gasteiger partial charge in [-0.1, -0.05) is 24.3 Å². The number of benzene rings is 1. The molecule has 3 rings (SSSR count). The van der Waals surface area contributed by atoms with Crippen LogP contribution in [-0.2, 0) is 11.5 Å². The van der Waals surface area contributed by atoms with Crippen molar-refractivity contribution < 1.29 is 9.84 Å². The number of nitrogens with two attached hydrogens (primary N) is 1. The van der Waals surface area contributed by atoms with Gasteiger partial charge in [-0.2, -0.15) is 0 Å². The summed E-state index contributed by atoms with van der Waals surface area (Å²) in [6.45, 7) is 0.603. The van der Waals surface area contributed by atoms with E-state index in [2.05, 4.69) is 4.98 Å². The van der Waals surface area contributed by atoms with E-state index in [0.717, 1.165) is 22.3 Å². The van der Waals surface area contributed by atoms with Crippen LogP contribution in [-0.4, -0.2) is 27.9 Å². The maximum atomic E-state index is 8.88. The molecule has 0 fully saturated rings. The van der Waals surface area contributed by atoms with Gasteiger partial charge >= 0.3 is 0 Å². The van der Waals surface area contributed by atoms with E-state index in [1.165, 1.54) is 0 Å². The van der Waals surface area contributed by atoms with Crippen molar-refractivity contribution in [1.29, 1.82) is 0 Å². The minimum Gasteiger partial charge on any atom is -0.396 e. The van der Waals surface area contributed by atoms with E-state index in [9.17, 15) is 0 Å². The molecule has 5 nitrogen and oxygen atoms in total. The highest BCUT2D eigenvalue weighted by Gasteiger charge is 2.16. The summed E-state index contributed by atoms with van der Waals surface area (Å²) in [5.41, 5.74) is 9.64. The van der Waals surface area contributed by atoms with Crippen LogP contribution in [0.5, 0.6) is 0 Å². The molecule has 1 aromatic carbocycles. The first-order chi connectivity index (χ1) is 10.3. The number of nitrogens with zero attached hydrogens (tertiary/aromatic N) is 2. The lowest BCUT2D eigenvalue weighted by atomic mass is 10.2. The Hall–Kier alpha value is -2.37. The van der Waals surface area contributed by atoms with Gasteiger partial charge in [-0.15, -0.1) is 0 Å². The molecule has 2 heterocycles. The van der Waals surface area contributed by atoms with Crippen LogP contribution >= 0.6 is 0 Å². The number of nitrogen functional groups attached to an aromatic ring is 1. The van der Waals surface area contributed by atoms with Gasteiger partial charge in [-0.25, -0.2) is 0 Å². The third-order valence-electron chi connectivity index (χ3n) is 3.37. The molecular formula is C16H17N3O2. The number of rotatable bonds is 5. The Morgan fingerprint density at radius 1 is 1.14 bits per heavy atom. The predicted molar refractivity (Wildman–Crippen MR) is 82.6 cm³/mol. The fourth-order valence-electron chi connectivity index (χ4n) is 2.46. The van der Waals surface area contributed by atoms with Crippen LogP contribution in [0, 0.1) is 0 Å². The van der Waals surface area contributed by atoms with Crippen LogP contribution in [0.15, 0.2) is 48.7 Å². The quantitative estimate of drug-likeness (QED) is 0.704. The molecule has 0 saturated carbocycles. The maximum Gasteiger partial charge on any atom is 0.123 e. The third-order valence-corrected chi connectivity index (χ3v) is 3.37. The molecule has 3 aromatic rings.